The molecule has 0 saturated carbocycles. The van der Waals surface area contributed by atoms with Gasteiger partial charge >= 0.3 is 5.97 Å². The fourth-order valence-corrected chi connectivity index (χ4v) is 2.43. The molecule has 0 radical (unpaired) electrons. The van der Waals surface area contributed by atoms with Crippen LogP contribution >= 0.6 is 0 Å². The van der Waals surface area contributed by atoms with Gasteiger partial charge in [-0.25, -0.2) is 4.79 Å². The van der Waals surface area contributed by atoms with Crippen LogP contribution < -0.4 is 5.32 Å². The Bertz CT molecular complexity index is 832. The van der Waals surface area contributed by atoms with Crippen LogP contribution in [0.2, 0.25) is 0 Å². The molecule has 7 nitrogen and oxygen atoms in total. The van der Waals surface area contributed by atoms with Crippen LogP contribution in [0.4, 0.5) is 0 Å². The van der Waals surface area contributed by atoms with Crippen LogP contribution in [-0.2, 0) is 14.3 Å². The molecule has 1 aromatic heterocycles. The Hall–Kier alpha value is -2.83. The zero-order valence-corrected chi connectivity index (χ0v) is 15.7. The largest absolute Gasteiger partial charge is 0.450 e. The number of carbonyl (C=O) groups is 3. The van der Waals surface area contributed by atoms with Crippen LogP contribution in [0.15, 0.2) is 28.7 Å². The normalized spacial score (nSPS) is 11.3. The molecular weight excluding hydrogens is 336 g/mol. The van der Waals surface area contributed by atoms with Crippen molar-refractivity contribution in [2.24, 2.45) is 0 Å². The third-order valence-electron chi connectivity index (χ3n) is 3.68. The molecule has 1 N–H and O–H groups in total. The van der Waals surface area contributed by atoms with Gasteiger partial charge in [-0.15, -0.1) is 0 Å². The number of nitrogens with one attached hydrogen (secondary N) is 1. The van der Waals surface area contributed by atoms with E-state index in [0.717, 1.165) is 5.39 Å². The van der Waals surface area contributed by atoms with Gasteiger partial charge in [0, 0.05) is 23.5 Å². The summed E-state index contributed by atoms with van der Waals surface area (Å²) in [5, 5.41) is 3.58. The lowest BCUT2D eigenvalue weighted by Gasteiger charge is -2.23. The van der Waals surface area contributed by atoms with Gasteiger partial charge in [-0.2, -0.15) is 0 Å². The van der Waals surface area contributed by atoms with E-state index in [-0.39, 0.29) is 23.8 Å². The molecule has 0 unspecified atom stereocenters. The predicted octanol–water partition coefficient (Wildman–Crippen LogP) is 2.27. The zero-order chi connectivity index (χ0) is 19.5. The SMILES string of the molecule is Cc1c(C(=O)OCC(=O)N(C)CC(=O)NC(C)(C)C)oc2ccccc12. The van der Waals surface area contributed by atoms with Crippen molar-refractivity contribution in [2.75, 3.05) is 20.2 Å². The number of amides is 2. The molecule has 0 bridgehead atoms. The van der Waals surface area contributed by atoms with Crippen LogP contribution in [0, 0.1) is 6.92 Å². The number of ether oxygens (including phenoxy) is 1. The molecule has 1 aromatic carbocycles. The molecule has 0 aliphatic carbocycles. The number of benzene rings is 1. The van der Waals surface area contributed by atoms with Crippen LogP contribution in [0.3, 0.4) is 0 Å². The number of hydrogen-bond donors (Lipinski definition) is 1. The van der Waals surface area contributed by atoms with Gasteiger partial charge in [-0.3, -0.25) is 9.59 Å². The van der Waals surface area contributed by atoms with Gasteiger partial charge < -0.3 is 19.4 Å². The number of likely N-dealkylation sites (N-methyl/N-ethyl adjacent to an activating group) is 1. The third kappa shape index (κ3) is 4.84. The van der Waals surface area contributed by atoms with Crippen molar-refractivity contribution in [1.82, 2.24) is 10.2 Å². The number of carbonyl (C=O) groups excluding carboxylic acids is 3. The highest BCUT2D eigenvalue weighted by Gasteiger charge is 2.22. The van der Waals surface area contributed by atoms with Crippen LogP contribution in [0.25, 0.3) is 11.0 Å². The van der Waals surface area contributed by atoms with Gasteiger partial charge in [0.1, 0.15) is 5.58 Å². The van der Waals surface area contributed by atoms with Crippen molar-refractivity contribution < 1.29 is 23.5 Å². The molecule has 26 heavy (non-hydrogen) atoms. The lowest BCUT2D eigenvalue weighted by atomic mass is 10.1. The minimum atomic E-state index is -0.709. The van der Waals surface area contributed by atoms with Gasteiger partial charge in [0.05, 0.1) is 6.54 Å². The van der Waals surface area contributed by atoms with Crippen LogP contribution in [0.5, 0.6) is 0 Å². The molecular formula is C19H24N2O5. The van der Waals surface area contributed by atoms with E-state index in [1.165, 1.54) is 11.9 Å². The maximum Gasteiger partial charge on any atom is 0.375 e. The standard InChI is InChI=1S/C19H24N2O5/c1-12-13-8-6-7-9-14(13)26-17(12)18(24)25-11-16(23)21(5)10-15(22)20-19(2,3)4/h6-9H,10-11H2,1-5H3,(H,20,22). The van der Waals surface area contributed by atoms with Gasteiger partial charge in [0.15, 0.2) is 6.61 Å². The van der Waals surface area contributed by atoms with Crippen molar-refractivity contribution in [3.8, 4) is 0 Å². The number of para-hydroxylation sites is 1. The van der Waals surface area contributed by atoms with Crippen molar-refractivity contribution in [1.29, 1.82) is 0 Å². The van der Waals surface area contributed by atoms with Crippen LogP contribution in [-0.4, -0.2) is 48.4 Å². The number of hydrogen-bond acceptors (Lipinski definition) is 5. The number of furan rings is 1. The van der Waals surface area contributed by atoms with Crippen molar-refractivity contribution in [2.45, 2.75) is 33.2 Å². The summed E-state index contributed by atoms with van der Waals surface area (Å²) in [5.74, 6) is -1.39. The maximum absolute atomic E-state index is 12.2. The predicted molar refractivity (Wildman–Crippen MR) is 96.8 cm³/mol. The van der Waals surface area contributed by atoms with E-state index in [2.05, 4.69) is 5.32 Å². The summed E-state index contributed by atoms with van der Waals surface area (Å²) in [6.45, 7) is 6.73. The average Bonchev–Trinajstić information content (AvgIpc) is 2.88. The molecule has 1 heterocycles. The van der Waals surface area contributed by atoms with E-state index in [4.69, 9.17) is 9.15 Å². The van der Waals surface area contributed by atoms with Gasteiger partial charge in [0.25, 0.3) is 5.91 Å². The number of fused-ring (bicyclic) bond motifs is 1. The Morgan fingerprint density at radius 1 is 1.19 bits per heavy atom. The molecule has 2 rings (SSSR count). The highest BCUT2D eigenvalue weighted by molar-refractivity contribution is 5.96. The molecule has 7 heteroatoms. The summed E-state index contributed by atoms with van der Waals surface area (Å²) in [6.07, 6.45) is 0. The fourth-order valence-electron chi connectivity index (χ4n) is 2.43. The minimum Gasteiger partial charge on any atom is -0.450 e. The smallest absolute Gasteiger partial charge is 0.375 e. The summed E-state index contributed by atoms with van der Waals surface area (Å²) in [6, 6.07) is 7.26. The summed E-state index contributed by atoms with van der Waals surface area (Å²) >= 11 is 0. The molecule has 0 atom stereocenters. The molecule has 0 aliphatic rings. The first kappa shape index (κ1) is 19.5. The summed E-state index contributed by atoms with van der Waals surface area (Å²) in [7, 11) is 1.48. The Balaban J connectivity index is 1.92. The van der Waals surface area contributed by atoms with Crippen molar-refractivity contribution in [3.05, 3.63) is 35.6 Å². The lowest BCUT2D eigenvalue weighted by molar-refractivity contribution is -0.137. The van der Waals surface area contributed by atoms with E-state index >= 15 is 0 Å². The summed E-state index contributed by atoms with van der Waals surface area (Å²) in [4.78, 5) is 37.3. The first-order valence-electron chi connectivity index (χ1n) is 8.28. The quantitative estimate of drug-likeness (QED) is 0.826. The second-order valence-electron chi connectivity index (χ2n) is 7.18. The second-order valence-corrected chi connectivity index (χ2v) is 7.18. The van der Waals surface area contributed by atoms with E-state index < -0.39 is 18.5 Å². The van der Waals surface area contributed by atoms with Gasteiger partial charge in [-0.1, -0.05) is 18.2 Å². The molecule has 0 aliphatic heterocycles. The number of rotatable bonds is 5. The van der Waals surface area contributed by atoms with Gasteiger partial charge in [-0.05, 0) is 33.8 Å². The number of nitrogens with zero attached hydrogens (tertiary/aromatic N) is 1. The zero-order valence-electron chi connectivity index (χ0n) is 15.7. The fraction of sp³-hybridized carbons (Fsp3) is 0.421. The van der Waals surface area contributed by atoms with Gasteiger partial charge in [0.2, 0.25) is 11.7 Å². The monoisotopic (exact) mass is 360 g/mol. The Labute approximate surface area is 152 Å². The van der Waals surface area contributed by atoms with Crippen molar-refractivity contribution >= 4 is 28.8 Å². The molecule has 0 spiro atoms. The highest BCUT2D eigenvalue weighted by atomic mass is 16.5. The molecule has 0 saturated heterocycles. The first-order valence-corrected chi connectivity index (χ1v) is 8.28. The third-order valence-corrected chi connectivity index (χ3v) is 3.68. The van der Waals surface area contributed by atoms with Crippen molar-refractivity contribution in [3.63, 3.8) is 0 Å². The second kappa shape index (κ2) is 7.59. The Morgan fingerprint density at radius 3 is 2.46 bits per heavy atom. The minimum absolute atomic E-state index is 0.0760. The summed E-state index contributed by atoms with van der Waals surface area (Å²) < 4.78 is 10.6. The molecule has 2 amide bonds. The Morgan fingerprint density at radius 2 is 1.85 bits per heavy atom. The molecule has 140 valence electrons. The number of aryl methyl sites for hydroxylation is 1. The lowest BCUT2D eigenvalue weighted by Crippen LogP contribution is -2.46. The average molecular weight is 360 g/mol. The molecule has 2 aromatic rings. The Kier molecular flexibility index (Phi) is 5.69. The maximum atomic E-state index is 12.2. The van der Waals surface area contributed by atoms with E-state index in [9.17, 15) is 14.4 Å². The topological polar surface area (TPSA) is 88.9 Å². The molecule has 0 fully saturated rings. The van der Waals surface area contributed by atoms with E-state index in [0.29, 0.717) is 11.1 Å². The highest BCUT2D eigenvalue weighted by Crippen LogP contribution is 2.25. The van der Waals surface area contributed by atoms with Crippen LogP contribution in [0.1, 0.15) is 36.9 Å². The first-order chi connectivity index (χ1) is 12.1. The van der Waals surface area contributed by atoms with E-state index in [1.807, 2.05) is 39.0 Å². The van der Waals surface area contributed by atoms with E-state index in [1.54, 1.807) is 13.0 Å². The summed E-state index contributed by atoms with van der Waals surface area (Å²) in [5.41, 5.74) is 0.863. The number of esters is 1.